The van der Waals surface area contributed by atoms with Crippen molar-refractivity contribution in [2.24, 2.45) is 0 Å². The van der Waals surface area contributed by atoms with E-state index in [2.05, 4.69) is 4.90 Å². The summed E-state index contributed by atoms with van der Waals surface area (Å²) in [5.74, 6) is 0. The molecule has 1 fully saturated rings. The monoisotopic (exact) mass is 231 g/mol. The number of hydrogen-bond acceptors (Lipinski definition) is 2. The Morgan fingerprint density at radius 1 is 1.29 bits per heavy atom. The third-order valence-corrected chi connectivity index (χ3v) is 2.73. The molecular weight excluding hydrogens is 221 g/mol. The molecule has 0 spiro atoms. The lowest BCUT2D eigenvalue weighted by molar-refractivity contribution is 0.0454. The van der Waals surface area contributed by atoms with Crippen molar-refractivity contribution in [3.63, 3.8) is 0 Å². The summed E-state index contributed by atoms with van der Waals surface area (Å²) in [6.45, 7) is 1.69. The number of rotatable bonds is 1. The molecule has 2 rings (SSSR count). The van der Waals surface area contributed by atoms with Gasteiger partial charge in [0.1, 0.15) is 6.23 Å². The molecule has 0 bridgehead atoms. The fourth-order valence-electron chi connectivity index (χ4n) is 1.62. The van der Waals surface area contributed by atoms with E-state index in [9.17, 15) is 0 Å². The van der Waals surface area contributed by atoms with Gasteiger partial charge < -0.3 is 4.74 Å². The molecular formula is C10H11Cl2NO. The van der Waals surface area contributed by atoms with Crippen molar-refractivity contribution in [1.82, 2.24) is 4.90 Å². The van der Waals surface area contributed by atoms with Gasteiger partial charge in [-0.3, -0.25) is 4.90 Å². The zero-order valence-electron chi connectivity index (χ0n) is 7.84. The number of nitrogens with zero attached hydrogens (tertiary/aromatic N) is 1. The topological polar surface area (TPSA) is 12.5 Å². The number of likely N-dealkylation sites (N-methyl/N-ethyl adjacent to an activating group) is 1. The van der Waals surface area contributed by atoms with Crippen LogP contribution in [0.3, 0.4) is 0 Å². The Balaban J connectivity index is 2.31. The molecule has 1 aromatic rings. The molecule has 2 nitrogen and oxygen atoms in total. The molecule has 1 aliphatic rings. The van der Waals surface area contributed by atoms with E-state index in [0.29, 0.717) is 10.0 Å². The van der Waals surface area contributed by atoms with Gasteiger partial charge in [-0.15, -0.1) is 0 Å². The van der Waals surface area contributed by atoms with Crippen LogP contribution in [0.2, 0.25) is 10.0 Å². The predicted molar refractivity (Wildman–Crippen MR) is 57.8 cm³/mol. The van der Waals surface area contributed by atoms with Crippen LogP contribution in [0.1, 0.15) is 11.8 Å². The third-order valence-electron chi connectivity index (χ3n) is 2.29. The van der Waals surface area contributed by atoms with E-state index in [-0.39, 0.29) is 6.23 Å². The minimum Gasteiger partial charge on any atom is -0.358 e. The molecule has 1 saturated heterocycles. The van der Waals surface area contributed by atoms with Gasteiger partial charge in [-0.2, -0.15) is 0 Å². The molecule has 0 radical (unpaired) electrons. The quantitative estimate of drug-likeness (QED) is 0.738. The van der Waals surface area contributed by atoms with Crippen molar-refractivity contribution < 1.29 is 4.74 Å². The van der Waals surface area contributed by atoms with Crippen LogP contribution in [0.5, 0.6) is 0 Å². The van der Waals surface area contributed by atoms with Gasteiger partial charge in [0.05, 0.1) is 6.61 Å². The molecule has 1 aliphatic heterocycles. The number of hydrogen-bond donors (Lipinski definition) is 0. The van der Waals surface area contributed by atoms with Crippen LogP contribution in [0, 0.1) is 0 Å². The molecule has 0 saturated carbocycles. The number of ether oxygens (including phenoxy) is 1. The average molecular weight is 232 g/mol. The SMILES string of the molecule is CN1CCOC1c1cc(Cl)cc(Cl)c1. The van der Waals surface area contributed by atoms with Gasteiger partial charge in [0.15, 0.2) is 0 Å². The zero-order chi connectivity index (χ0) is 10.1. The normalized spacial score (nSPS) is 22.9. The van der Waals surface area contributed by atoms with E-state index in [0.717, 1.165) is 18.7 Å². The summed E-state index contributed by atoms with van der Waals surface area (Å²) in [5, 5.41) is 1.30. The van der Waals surface area contributed by atoms with E-state index >= 15 is 0 Å². The lowest BCUT2D eigenvalue weighted by atomic mass is 10.2. The van der Waals surface area contributed by atoms with Gasteiger partial charge in [-0.05, 0) is 30.8 Å². The van der Waals surface area contributed by atoms with Crippen molar-refractivity contribution in [3.05, 3.63) is 33.8 Å². The molecule has 14 heavy (non-hydrogen) atoms. The summed E-state index contributed by atoms with van der Waals surface area (Å²) in [6, 6.07) is 5.50. The van der Waals surface area contributed by atoms with Crippen LogP contribution >= 0.6 is 23.2 Å². The van der Waals surface area contributed by atoms with Crippen LogP contribution in [-0.4, -0.2) is 25.1 Å². The Hall–Kier alpha value is -0.280. The molecule has 4 heteroatoms. The highest BCUT2D eigenvalue weighted by Crippen LogP contribution is 2.29. The molecule has 1 unspecified atom stereocenters. The molecule has 0 amide bonds. The van der Waals surface area contributed by atoms with E-state index < -0.39 is 0 Å². The van der Waals surface area contributed by atoms with Crippen LogP contribution in [0.25, 0.3) is 0 Å². The van der Waals surface area contributed by atoms with E-state index in [1.165, 1.54) is 0 Å². The van der Waals surface area contributed by atoms with E-state index in [1.807, 2.05) is 19.2 Å². The first-order valence-electron chi connectivity index (χ1n) is 4.44. The second-order valence-electron chi connectivity index (χ2n) is 3.41. The van der Waals surface area contributed by atoms with Crippen molar-refractivity contribution >= 4 is 23.2 Å². The first kappa shape index (κ1) is 10.2. The maximum Gasteiger partial charge on any atom is 0.136 e. The highest BCUT2D eigenvalue weighted by Gasteiger charge is 2.23. The fraction of sp³-hybridized carbons (Fsp3) is 0.400. The largest absolute Gasteiger partial charge is 0.358 e. The Labute approximate surface area is 93.4 Å². The maximum atomic E-state index is 5.92. The second kappa shape index (κ2) is 4.07. The number of benzene rings is 1. The predicted octanol–water partition coefficient (Wildman–Crippen LogP) is 2.95. The maximum absolute atomic E-state index is 5.92. The molecule has 1 aromatic carbocycles. The van der Waals surface area contributed by atoms with E-state index in [4.69, 9.17) is 27.9 Å². The lowest BCUT2D eigenvalue weighted by Gasteiger charge is -2.18. The van der Waals surface area contributed by atoms with Gasteiger partial charge in [-0.1, -0.05) is 23.2 Å². The van der Waals surface area contributed by atoms with Crippen molar-refractivity contribution in [2.45, 2.75) is 6.23 Å². The van der Waals surface area contributed by atoms with Crippen molar-refractivity contribution in [3.8, 4) is 0 Å². The zero-order valence-corrected chi connectivity index (χ0v) is 9.35. The fourth-order valence-corrected chi connectivity index (χ4v) is 2.16. The summed E-state index contributed by atoms with van der Waals surface area (Å²) in [7, 11) is 2.02. The number of halogens is 2. The van der Waals surface area contributed by atoms with Gasteiger partial charge in [0.2, 0.25) is 0 Å². The Morgan fingerprint density at radius 3 is 2.43 bits per heavy atom. The first-order valence-corrected chi connectivity index (χ1v) is 5.20. The summed E-state index contributed by atoms with van der Waals surface area (Å²) in [4.78, 5) is 2.13. The summed E-state index contributed by atoms with van der Waals surface area (Å²) < 4.78 is 5.57. The summed E-state index contributed by atoms with van der Waals surface area (Å²) in [5.41, 5.74) is 1.02. The van der Waals surface area contributed by atoms with Gasteiger partial charge >= 0.3 is 0 Å². The Kier molecular flexibility index (Phi) is 2.98. The Bertz CT molecular complexity index is 323. The third kappa shape index (κ3) is 2.04. The van der Waals surface area contributed by atoms with Crippen LogP contribution in [-0.2, 0) is 4.74 Å². The van der Waals surface area contributed by atoms with Crippen molar-refractivity contribution in [2.75, 3.05) is 20.2 Å². The van der Waals surface area contributed by atoms with Crippen LogP contribution < -0.4 is 0 Å². The molecule has 1 atom stereocenters. The van der Waals surface area contributed by atoms with E-state index in [1.54, 1.807) is 6.07 Å². The lowest BCUT2D eigenvalue weighted by Crippen LogP contribution is -2.18. The molecule has 0 aromatic heterocycles. The van der Waals surface area contributed by atoms with Gasteiger partial charge in [0, 0.05) is 16.6 Å². The van der Waals surface area contributed by atoms with Crippen LogP contribution in [0.15, 0.2) is 18.2 Å². The first-order chi connectivity index (χ1) is 6.66. The molecule has 0 aliphatic carbocycles. The molecule has 76 valence electrons. The summed E-state index contributed by atoms with van der Waals surface area (Å²) in [6.07, 6.45) is -0.00815. The van der Waals surface area contributed by atoms with Gasteiger partial charge in [0.25, 0.3) is 0 Å². The Morgan fingerprint density at radius 2 is 1.93 bits per heavy atom. The highest BCUT2D eigenvalue weighted by molar-refractivity contribution is 6.34. The molecule has 0 N–H and O–H groups in total. The average Bonchev–Trinajstić information content (AvgIpc) is 2.49. The molecule has 1 heterocycles. The summed E-state index contributed by atoms with van der Waals surface area (Å²) >= 11 is 11.8. The minimum absolute atomic E-state index is 0.00815. The standard InChI is InChI=1S/C10H11Cl2NO/c1-13-2-3-14-10(13)7-4-8(11)6-9(12)5-7/h4-6,10H,2-3H2,1H3. The second-order valence-corrected chi connectivity index (χ2v) is 4.28. The smallest absolute Gasteiger partial charge is 0.136 e. The van der Waals surface area contributed by atoms with Crippen LogP contribution in [0.4, 0.5) is 0 Å². The van der Waals surface area contributed by atoms with Gasteiger partial charge in [-0.25, -0.2) is 0 Å². The minimum atomic E-state index is -0.00815. The van der Waals surface area contributed by atoms with Crippen molar-refractivity contribution in [1.29, 1.82) is 0 Å². The highest BCUT2D eigenvalue weighted by atomic mass is 35.5.